The maximum atomic E-state index is 14.1. The number of likely N-dealkylation sites (N-methyl/N-ethyl adjacent to an activating group) is 1. The van der Waals surface area contributed by atoms with E-state index in [1.807, 2.05) is 6.07 Å². The third-order valence-electron chi connectivity index (χ3n) is 10.2. The van der Waals surface area contributed by atoms with Crippen LogP contribution in [0.15, 0.2) is 17.3 Å². The van der Waals surface area contributed by atoms with E-state index < -0.39 is 5.41 Å². The Morgan fingerprint density at radius 2 is 2.02 bits per heavy atom. The number of hydrogen-bond donors (Lipinski definition) is 2. The number of carbonyl (C=O) groups excluding carboxylic acids is 2. The number of rotatable bonds is 6. The molecule has 5 aliphatic rings. The van der Waals surface area contributed by atoms with Gasteiger partial charge in [0.1, 0.15) is 17.7 Å². The maximum Gasteiger partial charge on any atom is 0.228 e. The number of ether oxygens (including phenoxy) is 2. The van der Waals surface area contributed by atoms with Crippen LogP contribution >= 0.6 is 0 Å². The molecule has 3 N–H and O–H groups in total. The molecule has 0 radical (unpaired) electrons. The van der Waals surface area contributed by atoms with Crippen LogP contribution in [0, 0.1) is 5.41 Å². The van der Waals surface area contributed by atoms with Crippen molar-refractivity contribution in [2.75, 3.05) is 51.3 Å². The number of likely N-dealkylation sites (tertiary alicyclic amines) is 1. The largest absolute Gasteiger partial charge is 0.473 e. The predicted octanol–water partition coefficient (Wildman–Crippen LogP) is 2.62. The van der Waals surface area contributed by atoms with Gasteiger partial charge in [0.2, 0.25) is 17.5 Å². The summed E-state index contributed by atoms with van der Waals surface area (Å²) in [5, 5.41) is 3.51. The van der Waals surface area contributed by atoms with E-state index in [-0.39, 0.29) is 29.0 Å². The highest BCUT2D eigenvalue weighted by Gasteiger charge is 2.47. The zero-order valence-corrected chi connectivity index (χ0v) is 24.0. The number of ketones is 2. The van der Waals surface area contributed by atoms with E-state index >= 15 is 0 Å². The molecule has 4 heterocycles. The monoisotopic (exact) mass is 552 g/mol. The van der Waals surface area contributed by atoms with E-state index in [0.29, 0.717) is 55.1 Å². The first kappa shape index (κ1) is 27.6. The molecule has 4 atom stereocenters. The van der Waals surface area contributed by atoms with Crippen molar-refractivity contribution >= 4 is 17.4 Å². The van der Waals surface area contributed by atoms with Gasteiger partial charge in [0.25, 0.3) is 0 Å². The number of aromatic nitrogens is 2. The fourth-order valence-corrected chi connectivity index (χ4v) is 7.80. The van der Waals surface area contributed by atoms with Crippen LogP contribution in [0.4, 0.5) is 5.82 Å². The zero-order valence-electron chi connectivity index (χ0n) is 24.0. The predicted molar refractivity (Wildman–Crippen MR) is 151 cm³/mol. The van der Waals surface area contributed by atoms with Crippen molar-refractivity contribution in [2.24, 2.45) is 11.1 Å². The molecule has 6 rings (SSSR count). The summed E-state index contributed by atoms with van der Waals surface area (Å²) < 4.78 is 12.3. The zero-order chi connectivity index (χ0) is 27.9. The van der Waals surface area contributed by atoms with Crippen LogP contribution < -0.4 is 20.7 Å². The Kier molecular flexibility index (Phi) is 7.61. The molecule has 0 unspecified atom stereocenters. The number of Topliss-reactive ketones (excluding diaryl/α,β-unsaturated/α-hetero) is 2. The fraction of sp³-hybridized carbons (Fsp3) is 0.733. The van der Waals surface area contributed by atoms with Crippen LogP contribution in [0.1, 0.15) is 81.8 Å². The highest BCUT2D eigenvalue weighted by Crippen LogP contribution is 2.47. The molecular weight excluding hydrogens is 508 g/mol. The normalized spacial score (nSPS) is 32.3. The van der Waals surface area contributed by atoms with Crippen molar-refractivity contribution in [2.45, 2.75) is 88.8 Å². The van der Waals surface area contributed by atoms with Crippen molar-refractivity contribution in [1.29, 1.82) is 0 Å². The number of nitrogens with zero attached hydrogens (tertiary/aromatic N) is 4. The Hall–Kier alpha value is -2.56. The van der Waals surface area contributed by atoms with Gasteiger partial charge >= 0.3 is 0 Å². The summed E-state index contributed by atoms with van der Waals surface area (Å²) in [5.74, 6) is 1.10. The lowest BCUT2D eigenvalue weighted by atomic mass is 9.64. The standard InChI is InChI=1S/C30H44N6O4/c1-20(22-8-6-14-35(22)2)40-25-17-24(36-15-13-32-18-29(36)12-16-39-19-29)33-28(34-25)26(38)21-7-5-11-30(27(21)31)10-4-3-9-23(30)37/h17,20,22,32H,3-16,18-19,31H2,1-2H3/t20-,22-,29-,30+/m0/s1. The number of hydrogen-bond acceptors (Lipinski definition) is 10. The average Bonchev–Trinajstić information content (AvgIpc) is 3.60. The van der Waals surface area contributed by atoms with Crippen molar-refractivity contribution in [1.82, 2.24) is 20.2 Å². The Labute approximate surface area is 237 Å². The van der Waals surface area contributed by atoms with Crippen LogP contribution in [0.3, 0.4) is 0 Å². The maximum absolute atomic E-state index is 14.1. The van der Waals surface area contributed by atoms with Crippen LogP contribution in [0.5, 0.6) is 5.88 Å². The van der Waals surface area contributed by atoms with E-state index in [9.17, 15) is 9.59 Å². The summed E-state index contributed by atoms with van der Waals surface area (Å²) in [5.41, 5.74) is 6.76. The van der Waals surface area contributed by atoms with Crippen molar-refractivity contribution < 1.29 is 19.1 Å². The Balaban J connectivity index is 1.38. The molecule has 40 heavy (non-hydrogen) atoms. The lowest BCUT2D eigenvalue weighted by molar-refractivity contribution is -0.129. The fourth-order valence-electron chi connectivity index (χ4n) is 7.80. The van der Waals surface area contributed by atoms with Gasteiger partial charge < -0.3 is 25.4 Å². The second-order valence-corrected chi connectivity index (χ2v) is 12.5. The average molecular weight is 553 g/mol. The van der Waals surface area contributed by atoms with Gasteiger partial charge in [-0.25, -0.2) is 4.98 Å². The van der Waals surface area contributed by atoms with Gasteiger partial charge in [0.15, 0.2) is 0 Å². The first-order chi connectivity index (χ1) is 19.3. The van der Waals surface area contributed by atoms with Gasteiger partial charge in [-0.1, -0.05) is 6.42 Å². The topological polar surface area (TPSA) is 123 Å². The summed E-state index contributed by atoms with van der Waals surface area (Å²) >= 11 is 0. The van der Waals surface area contributed by atoms with Crippen LogP contribution in [0.25, 0.3) is 0 Å². The molecule has 0 amide bonds. The number of nitrogens with two attached hydrogens (primary N) is 1. The Morgan fingerprint density at radius 1 is 1.18 bits per heavy atom. The minimum Gasteiger partial charge on any atom is -0.473 e. The van der Waals surface area contributed by atoms with E-state index in [4.69, 9.17) is 25.2 Å². The highest BCUT2D eigenvalue weighted by atomic mass is 16.5. The Morgan fingerprint density at radius 3 is 2.77 bits per heavy atom. The van der Waals surface area contributed by atoms with E-state index in [1.54, 1.807) is 0 Å². The molecule has 10 heteroatoms. The summed E-state index contributed by atoms with van der Waals surface area (Å²) in [6, 6.07) is 2.18. The van der Waals surface area contributed by atoms with Crippen molar-refractivity contribution in [3.63, 3.8) is 0 Å². The molecule has 0 bridgehead atoms. The quantitative estimate of drug-likeness (QED) is 0.509. The van der Waals surface area contributed by atoms with Crippen molar-refractivity contribution in [3.8, 4) is 5.88 Å². The van der Waals surface area contributed by atoms with Crippen molar-refractivity contribution in [3.05, 3.63) is 23.2 Å². The van der Waals surface area contributed by atoms with Crippen LogP contribution in [-0.2, 0) is 9.53 Å². The summed E-state index contributed by atoms with van der Waals surface area (Å²) in [4.78, 5) is 41.4. The second-order valence-electron chi connectivity index (χ2n) is 12.5. The third-order valence-corrected chi connectivity index (χ3v) is 10.2. The van der Waals surface area contributed by atoms with Gasteiger partial charge in [-0.15, -0.1) is 0 Å². The molecular formula is C30H44N6O4. The molecule has 3 saturated heterocycles. The van der Waals surface area contributed by atoms with Gasteiger partial charge in [-0.2, -0.15) is 4.98 Å². The van der Waals surface area contributed by atoms with E-state index in [2.05, 4.69) is 29.1 Å². The van der Waals surface area contributed by atoms with E-state index in [1.165, 1.54) is 0 Å². The lowest BCUT2D eigenvalue weighted by Gasteiger charge is -2.45. The third kappa shape index (κ3) is 4.81. The molecule has 2 aliphatic carbocycles. The molecule has 2 spiro atoms. The van der Waals surface area contributed by atoms with Crippen LogP contribution in [-0.4, -0.2) is 90.6 Å². The molecule has 0 aromatic carbocycles. The first-order valence-corrected chi connectivity index (χ1v) is 15.2. The Bertz CT molecular complexity index is 1180. The van der Waals surface area contributed by atoms with Gasteiger partial charge in [-0.05, 0) is 71.9 Å². The van der Waals surface area contributed by atoms with Gasteiger partial charge in [0, 0.05) is 56.0 Å². The molecule has 4 fully saturated rings. The molecule has 10 nitrogen and oxygen atoms in total. The van der Waals surface area contributed by atoms with E-state index in [0.717, 1.165) is 77.5 Å². The summed E-state index contributed by atoms with van der Waals surface area (Å²) in [7, 11) is 2.13. The lowest BCUT2D eigenvalue weighted by Crippen LogP contribution is -2.62. The number of anilines is 1. The minimum atomic E-state index is -0.705. The molecule has 1 aromatic heterocycles. The second kappa shape index (κ2) is 11.0. The van der Waals surface area contributed by atoms with Gasteiger partial charge in [-0.3, -0.25) is 14.5 Å². The number of carbonyl (C=O) groups is 2. The highest BCUT2D eigenvalue weighted by molar-refractivity contribution is 6.08. The molecule has 218 valence electrons. The first-order valence-electron chi connectivity index (χ1n) is 15.2. The number of allylic oxidation sites excluding steroid dienone is 2. The summed E-state index contributed by atoms with van der Waals surface area (Å²) in [6.07, 6.45) is 8.14. The SMILES string of the molecule is C[C@H](Oc1cc(N2CCNC[C@]23CCOC3)nc(C(=O)C2=C(N)[C@]3(CCCCC3=O)CCC2)n1)[C@@H]1CCCN1C. The van der Waals surface area contributed by atoms with Crippen LogP contribution in [0.2, 0.25) is 0 Å². The molecule has 1 aromatic rings. The smallest absolute Gasteiger partial charge is 0.228 e. The number of nitrogens with one attached hydrogen (secondary N) is 1. The summed E-state index contributed by atoms with van der Waals surface area (Å²) in [6.45, 7) is 6.79. The molecule has 3 aliphatic heterocycles. The van der Waals surface area contributed by atoms with Gasteiger partial charge in [0.05, 0.1) is 17.6 Å². The minimum absolute atomic E-state index is 0.0907. The molecule has 1 saturated carbocycles. The number of piperazine rings is 1.